The van der Waals surface area contributed by atoms with Gasteiger partial charge in [-0.15, -0.1) is 0 Å². The molecular weight excluding hydrogens is 276 g/mol. The van der Waals surface area contributed by atoms with Crippen LogP contribution in [0.2, 0.25) is 0 Å². The minimum absolute atomic E-state index is 0.0954. The van der Waals surface area contributed by atoms with Gasteiger partial charge in [-0.2, -0.15) is 0 Å². The number of H-pyrrole nitrogens is 1. The van der Waals surface area contributed by atoms with Crippen molar-refractivity contribution in [3.63, 3.8) is 0 Å². The van der Waals surface area contributed by atoms with E-state index < -0.39 is 0 Å². The maximum Gasteiger partial charge on any atom is 0.269 e. The van der Waals surface area contributed by atoms with Crippen molar-refractivity contribution in [2.24, 2.45) is 5.92 Å². The Kier molecular flexibility index (Phi) is 4.73. The number of amides is 1. The molecule has 0 bridgehead atoms. The summed E-state index contributed by atoms with van der Waals surface area (Å²) in [5.41, 5.74) is 1.23. The molecule has 5 nitrogen and oxygen atoms in total. The molecule has 2 aromatic heterocycles. The van der Waals surface area contributed by atoms with Crippen molar-refractivity contribution >= 4 is 16.9 Å². The summed E-state index contributed by atoms with van der Waals surface area (Å²) in [4.78, 5) is 22.1. The normalized spacial score (nSPS) is 17.5. The first kappa shape index (κ1) is 15.0. The molecule has 118 valence electrons. The Balaban J connectivity index is 1.50. The standard InChI is InChI=1S/C17H24N4O/c1-13(12-21-9-3-2-4-10-21)11-19-17(22)15-6-5-14-7-8-18-16(14)20-15/h5-8,13H,2-4,9-12H2,1H3,(H,18,20)(H,19,22). The van der Waals surface area contributed by atoms with Crippen LogP contribution in [0.25, 0.3) is 11.0 Å². The number of hydrogen-bond acceptors (Lipinski definition) is 3. The molecule has 0 aliphatic carbocycles. The van der Waals surface area contributed by atoms with Gasteiger partial charge in [0.05, 0.1) is 0 Å². The van der Waals surface area contributed by atoms with Crippen molar-refractivity contribution in [1.82, 2.24) is 20.2 Å². The van der Waals surface area contributed by atoms with Gasteiger partial charge in [0.25, 0.3) is 5.91 Å². The lowest BCUT2D eigenvalue weighted by Gasteiger charge is -2.29. The molecule has 1 unspecified atom stereocenters. The number of nitrogens with zero attached hydrogens (tertiary/aromatic N) is 2. The first-order valence-corrected chi connectivity index (χ1v) is 8.17. The van der Waals surface area contributed by atoms with E-state index in [-0.39, 0.29) is 5.91 Å². The molecule has 1 atom stereocenters. The fraction of sp³-hybridized carbons (Fsp3) is 0.529. The Morgan fingerprint density at radius 3 is 2.95 bits per heavy atom. The number of nitrogens with one attached hydrogen (secondary N) is 2. The van der Waals surface area contributed by atoms with Crippen molar-refractivity contribution < 1.29 is 4.79 Å². The highest BCUT2D eigenvalue weighted by atomic mass is 16.1. The maximum absolute atomic E-state index is 12.2. The van der Waals surface area contributed by atoms with Crippen molar-refractivity contribution in [3.05, 3.63) is 30.1 Å². The van der Waals surface area contributed by atoms with Gasteiger partial charge in [0, 0.05) is 24.7 Å². The van der Waals surface area contributed by atoms with Gasteiger partial charge in [-0.3, -0.25) is 4.79 Å². The molecule has 0 radical (unpaired) electrons. The molecule has 1 amide bonds. The molecule has 5 heteroatoms. The number of piperidine rings is 1. The van der Waals surface area contributed by atoms with Gasteiger partial charge in [0.1, 0.15) is 11.3 Å². The third kappa shape index (κ3) is 3.65. The van der Waals surface area contributed by atoms with Crippen LogP contribution in [0.1, 0.15) is 36.7 Å². The van der Waals surface area contributed by atoms with Crippen LogP contribution < -0.4 is 5.32 Å². The lowest BCUT2D eigenvalue weighted by molar-refractivity contribution is 0.0938. The first-order valence-electron chi connectivity index (χ1n) is 8.17. The number of fused-ring (bicyclic) bond motifs is 1. The van der Waals surface area contributed by atoms with E-state index in [1.807, 2.05) is 18.3 Å². The largest absolute Gasteiger partial charge is 0.350 e. The lowest BCUT2D eigenvalue weighted by atomic mass is 10.1. The zero-order valence-electron chi connectivity index (χ0n) is 13.1. The molecule has 3 heterocycles. The van der Waals surface area contributed by atoms with E-state index in [1.165, 1.54) is 32.4 Å². The van der Waals surface area contributed by atoms with E-state index in [9.17, 15) is 4.79 Å². The summed E-state index contributed by atoms with van der Waals surface area (Å²) in [5, 5.41) is 4.03. The highest BCUT2D eigenvalue weighted by Crippen LogP contribution is 2.12. The van der Waals surface area contributed by atoms with Gasteiger partial charge in [0.2, 0.25) is 0 Å². The van der Waals surface area contributed by atoms with Crippen molar-refractivity contribution in [2.45, 2.75) is 26.2 Å². The molecule has 0 aromatic carbocycles. The minimum atomic E-state index is -0.0954. The van der Waals surface area contributed by atoms with Gasteiger partial charge in [-0.05, 0) is 50.0 Å². The van der Waals surface area contributed by atoms with E-state index in [0.717, 1.165) is 17.6 Å². The predicted molar refractivity (Wildman–Crippen MR) is 87.9 cm³/mol. The summed E-state index contributed by atoms with van der Waals surface area (Å²) >= 11 is 0. The second-order valence-corrected chi connectivity index (χ2v) is 6.29. The third-order valence-electron chi connectivity index (χ3n) is 4.27. The first-order chi connectivity index (χ1) is 10.7. The van der Waals surface area contributed by atoms with E-state index >= 15 is 0 Å². The molecule has 2 N–H and O–H groups in total. The molecule has 2 aromatic rings. The predicted octanol–water partition coefficient (Wildman–Crippen LogP) is 2.41. The van der Waals surface area contributed by atoms with Crippen LogP contribution in [-0.2, 0) is 0 Å². The molecule has 1 fully saturated rings. The number of aromatic amines is 1. The Hall–Kier alpha value is -1.88. The molecule has 0 saturated carbocycles. The molecule has 0 spiro atoms. The van der Waals surface area contributed by atoms with Crippen LogP contribution >= 0.6 is 0 Å². The van der Waals surface area contributed by atoms with Crippen LogP contribution in [0.4, 0.5) is 0 Å². The zero-order chi connectivity index (χ0) is 15.4. The van der Waals surface area contributed by atoms with Crippen LogP contribution in [0, 0.1) is 5.92 Å². The summed E-state index contributed by atoms with van der Waals surface area (Å²) in [6, 6.07) is 5.65. The molecule has 22 heavy (non-hydrogen) atoms. The Morgan fingerprint density at radius 1 is 1.32 bits per heavy atom. The molecule has 1 aliphatic heterocycles. The second-order valence-electron chi connectivity index (χ2n) is 6.29. The van der Waals surface area contributed by atoms with Gasteiger partial charge in [0.15, 0.2) is 0 Å². The quantitative estimate of drug-likeness (QED) is 0.891. The highest BCUT2D eigenvalue weighted by Gasteiger charge is 2.15. The minimum Gasteiger partial charge on any atom is -0.350 e. The fourth-order valence-corrected chi connectivity index (χ4v) is 3.06. The zero-order valence-corrected chi connectivity index (χ0v) is 13.1. The van der Waals surface area contributed by atoms with Crippen LogP contribution in [0.3, 0.4) is 0 Å². The fourth-order valence-electron chi connectivity index (χ4n) is 3.06. The van der Waals surface area contributed by atoms with Crippen LogP contribution in [-0.4, -0.2) is 47.0 Å². The number of carbonyl (C=O) groups is 1. The average Bonchev–Trinajstić information content (AvgIpc) is 3.01. The Bertz CT molecular complexity index is 630. The summed E-state index contributed by atoms with van der Waals surface area (Å²) in [6.45, 7) is 6.34. The number of rotatable bonds is 5. The summed E-state index contributed by atoms with van der Waals surface area (Å²) in [7, 11) is 0. The van der Waals surface area contributed by atoms with E-state index in [4.69, 9.17) is 0 Å². The molecule has 1 aliphatic rings. The summed E-state index contributed by atoms with van der Waals surface area (Å²) in [5.74, 6) is 0.360. The number of pyridine rings is 1. The number of hydrogen-bond donors (Lipinski definition) is 2. The lowest BCUT2D eigenvalue weighted by Crippen LogP contribution is -2.38. The monoisotopic (exact) mass is 300 g/mol. The van der Waals surface area contributed by atoms with E-state index in [2.05, 4.69) is 27.1 Å². The third-order valence-corrected chi connectivity index (χ3v) is 4.27. The van der Waals surface area contributed by atoms with Gasteiger partial charge >= 0.3 is 0 Å². The van der Waals surface area contributed by atoms with Crippen LogP contribution in [0.5, 0.6) is 0 Å². The second kappa shape index (κ2) is 6.92. The molecule has 3 rings (SSSR count). The molecular formula is C17H24N4O. The van der Waals surface area contributed by atoms with Crippen molar-refractivity contribution in [2.75, 3.05) is 26.2 Å². The molecule has 1 saturated heterocycles. The number of aromatic nitrogens is 2. The van der Waals surface area contributed by atoms with E-state index in [1.54, 1.807) is 6.07 Å². The summed E-state index contributed by atoms with van der Waals surface area (Å²) < 4.78 is 0. The number of carbonyl (C=O) groups excluding carboxylic acids is 1. The number of likely N-dealkylation sites (tertiary alicyclic amines) is 1. The van der Waals surface area contributed by atoms with Gasteiger partial charge in [-0.25, -0.2) is 4.98 Å². The topological polar surface area (TPSA) is 61.0 Å². The van der Waals surface area contributed by atoms with Gasteiger partial charge in [-0.1, -0.05) is 13.3 Å². The smallest absolute Gasteiger partial charge is 0.269 e. The SMILES string of the molecule is CC(CNC(=O)c1ccc2cc[nH]c2n1)CN1CCCCC1. The van der Waals surface area contributed by atoms with E-state index in [0.29, 0.717) is 18.2 Å². The Morgan fingerprint density at radius 2 is 2.14 bits per heavy atom. The average molecular weight is 300 g/mol. The summed E-state index contributed by atoms with van der Waals surface area (Å²) in [6.07, 6.45) is 5.80. The maximum atomic E-state index is 12.2. The van der Waals surface area contributed by atoms with Crippen molar-refractivity contribution in [3.8, 4) is 0 Å². The Labute approximate surface area is 131 Å². The van der Waals surface area contributed by atoms with Crippen molar-refractivity contribution in [1.29, 1.82) is 0 Å². The van der Waals surface area contributed by atoms with Gasteiger partial charge < -0.3 is 15.2 Å². The van der Waals surface area contributed by atoms with Crippen LogP contribution in [0.15, 0.2) is 24.4 Å². The highest BCUT2D eigenvalue weighted by molar-refractivity contribution is 5.94.